The van der Waals surface area contributed by atoms with Crippen LogP contribution >= 0.6 is 28.1 Å². The van der Waals surface area contributed by atoms with Gasteiger partial charge in [0.1, 0.15) is 4.99 Å². The van der Waals surface area contributed by atoms with Gasteiger partial charge < -0.3 is 14.5 Å². The van der Waals surface area contributed by atoms with Crippen molar-refractivity contribution in [3.8, 4) is 5.75 Å². The van der Waals surface area contributed by atoms with Gasteiger partial charge in [-0.05, 0) is 36.8 Å². The highest BCUT2D eigenvalue weighted by Crippen LogP contribution is 2.25. The Bertz CT molecular complexity index is 1070. The Kier molecular flexibility index (Phi) is 5.54. The van der Waals surface area contributed by atoms with Gasteiger partial charge in [0.05, 0.1) is 12.7 Å². The fourth-order valence-corrected chi connectivity index (χ4v) is 3.24. The SMILES string of the molecule is C/C=C(\NC(=S)c1cc2cccc(OC)c2oc1=O)c1cccc(Br)c1. The van der Waals surface area contributed by atoms with Crippen LogP contribution in [0.2, 0.25) is 0 Å². The summed E-state index contributed by atoms with van der Waals surface area (Å²) in [5.74, 6) is 0.508. The molecule has 0 saturated heterocycles. The number of allylic oxidation sites excluding steroid dienone is 1. The quantitative estimate of drug-likeness (QED) is 0.472. The molecule has 2 aromatic carbocycles. The first kappa shape index (κ1) is 18.4. The van der Waals surface area contributed by atoms with Gasteiger partial charge in [-0.3, -0.25) is 0 Å². The van der Waals surface area contributed by atoms with E-state index in [4.69, 9.17) is 21.4 Å². The molecule has 0 unspecified atom stereocenters. The third kappa shape index (κ3) is 3.71. The minimum absolute atomic E-state index is 0.301. The molecule has 0 spiro atoms. The highest BCUT2D eigenvalue weighted by atomic mass is 79.9. The molecule has 0 aliphatic rings. The maximum Gasteiger partial charge on any atom is 0.346 e. The summed E-state index contributed by atoms with van der Waals surface area (Å²) in [4.78, 5) is 12.7. The smallest absolute Gasteiger partial charge is 0.346 e. The molecule has 0 radical (unpaired) electrons. The van der Waals surface area contributed by atoms with Crippen LogP contribution in [0.25, 0.3) is 16.7 Å². The zero-order valence-electron chi connectivity index (χ0n) is 14.2. The van der Waals surface area contributed by atoms with E-state index in [9.17, 15) is 4.79 Å². The van der Waals surface area contributed by atoms with Crippen molar-refractivity contribution in [2.45, 2.75) is 6.92 Å². The first-order chi connectivity index (χ1) is 12.5. The van der Waals surface area contributed by atoms with Crippen LogP contribution in [0.5, 0.6) is 5.75 Å². The van der Waals surface area contributed by atoms with E-state index in [1.807, 2.05) is 49.4 Å². The summed E-state index contributed by atoms with van der Waals surface area (Å²) in [5, 5.41) is 3.88. The second-order valence-electron chi connectivity index (χ2n) is 5.49. The van der Waals surface area contributed by atoms with Crippen LogP contribution in [0.4, 0.5) is 0 Å². The van der Waals surface area contributed by atoms with Gasteiger partial charge in [0.2, 0.25) is 0 Å². The van der Waals surface area contributed by atoms with E-state index < -0.39 is 5.63 Å². The summed E-state index contributed by atoms with van der Waals surface area (Å²) < 4.78 is 11.6. The summed E-state index contributed by atoms with van der Waals surface area (Å²) >= 11 is 8.91. The van der Waals surface area contributed by atoms with Crippen molar-refractivity contribution in [1.29, 1.82) is 0 Å². The maximum absolute atomic E-state index is 12.4. The number of fused-ring (bicyclic) bond motifs is 1. The lowest BCUT2D eigenvalue weighted by molar-refractivity contribution is 0.406. The first-order valence-corrected chi connectivity index (χ1v) is 9.08. The van der Waals surface area contributed by atoms with Crippen LogP contribution in [0.1, 0.15) is 18.1 Å². The molecule has 1 N–H and O–H groups in total. The Morgan fingerprint density at radius 1 is 1.23 bits per heavy atom. The molecule has 132 valence electrons. The predicted octanol–water partition coefficient (Wildman–Crippen LogP) is 4.89. The van der Waals surface area contributed by atoms with E-state index in [1.165, 1.54) is 7.11 Å². The average molecular weight is 430 g/mol. The minimum Gasteiger partial charge on any atom is -0.493 e. The minimum atomic E-state index is -0.510. The van der Waals surface area contributed by atoms with Crippen LogP contribution in [0, 0.1) is 0 Å². The summed E-state index contributed by atoms with van der Waals surface area (Å²) in [6.45, 7) is 1.90. The third-order valence-electron chi connectivity index (χ3n) is 3.86. The molecule has 0 aliphatic carbocycles. The second kappa shape index (κ2) is 7.85. The molecule has 3 aromatic rings. The zero-order valence-corrected chi connectivity index (χ0v) is 16.6. The molecule has 3 rings (SSSR count). The molecule has 1 aromatic heterocycles. The number of rotatable bonds is 4. The van der Waals surface area contributed by atoms with Gasteiger partial charge in [0.25, 0.3) is 0 Å². The topological polar surface area (TPSA) is 51.5 Å². The first-order valence-electron chi connectivity index (χ1n) is 7.88. The van der Waals surface area contributed by atoms with Gasteiger partial charge in [-0.25, -0.2) is 4.79 Å². The van der Waals surface area contributed by atoms with E-state index in [0.29, 0.717) is 21.9 Å². The van der Waals surface area contributed by atoms with Crippen molar-refractivity contribution in [1.82, 2.24) is 5.32 Å². The number of nitrogens with one attached hydrogen (secondary N) is 1. The van der Waals surface area contributed by atoms with Crippen molar-refractivity contribution in [3.63, 3.8) is 0 Å². The zero-order chi connectivity index (χ0) is 18.7. The molecular formula is C20H16BrNO3S. The van der Waals surface area contributed by atoms with Gasteiger partial charge in [0, 0.05) is 15.6 Å². The summed E-state index contributed by atoms with van der Waals surface area (Å²) in [7, 11) is 1.53. The molecular weight excluding hydrogens is 414 g/mol. The molecule has 26 heavy (non-hydrogen) atoms. The number of halogens is 1. The van der Waals surface area contributed by atoms with Crippen LogP contribution in [-0.2, 0) is 0 Å². The van der Waals surface area contributed by atoms with Crippen molar-refractivity contribution in [3.05, 3.63) is 80.6 Å². The normalized spacial score (nSPS) is 11.4. The van der Waals surface area contributed by atoms with E-state index >= 15 is 0 Å². The van der Waals surface area contributed by atoms with E-state index in [1.54, 1.807) is 12.1 Å². The monoisotopic (exact) mass is 429 g/mol. The van der Waals surface area contributed by atoms with E-state index in [0.717, 1.165) is 21.1 Å². The molecule has 0 bridgehead atoms. The lowest BCUT2D eigenvalue weighted by atomic mass is 10.1. The van der Waals surface area contributed by atoms with Crippen molar-refractivity contribution in [2.75, 3.05) is 7.11 Å². The maximum atomic E-state index is 12.4. The van der Waals surface area contributed by atoms with Gasteiger partial charge in [-0.1, -0.05) is 58.5 Å². The Hall–Kier alpha value is -2.44. The number of ether oxygens (including phenoxy) is 1. The Morgan fingerprint density at radius 3 is 2.69 bits per heavy atom. The number of para-hydroxylation sites is 1. The predicted molar refractivity (Wildman–Crippen MR) is 112 cm³/mol. The molecule has 0 atom stereocenters. The number of hydrogen-bond donors (Lipinski definition) is 1. The van der Waals surface area contributed by atoms with Crippen LogP contribution in [0.15, 0.2) is 68.3 Å². The van der Waals surface area contributed by atoms with E-state index in [-0.39, 0.29) is 0 Å². The second-order valence-corrected chi connectivity index (χ2v) is 6.82. The van der Waals surface area contributed by atoms with Crippen LogP contribution in [-0.4, -0.2) is 12.1 Å². The fraction of sp³-hybridized carbons (Fsp3) is 0.100. The number of methoxy groups -OCH3 is 1. The highest BCUT2D eigenvalue weighted by molar-refractivity contribution is 9.10. The summed E-state index contributed by atoms with van der Waals surface area (Å²) in [5.41, 5.74) is 1.96. The summed E-state index contributed by atoms with van der Waals surface area (Å²) in [6.07, 6.45) is 1.90. The standard InChI is InChI=1S/C20H16BrNO3S/c1-3-16(12-6-4-8-14(21)10-12)22-19(26)15-11-13-7-5-9-17(24-2)18(13)25-20(15)23/h3-11H,1-2H3,(H,22,26)/b16-3-. The number of benzene rings is 2. The van der Waals surface area contributed by atoms with Crippen molar-refractivity contribution in [2.24, 2.45) is 0 Å². The van der Waals surface area contributed by atoms with Gasteiger partial charge in [-0.2, -0.15) is 0 Å². The van der Waals surface area contributed by atoms with Crippen molar-refractivity contribution >= 4 is 49.8 Å². The largest absolute Gasteiger partial charge is 0.493 e. The number of hydrogen-bond acceptors (Lipinski definition) is 4. The molecule has 4 nitrogen and oxygen atoms in total. The molecule has 0 amide bonds. The number of thiocarbonyl (C=S) groups is 1. The fourth-order valence-electron chi connectivity index (χ4n) is 2.59. The van der Waals surface area contributed by atoms with Gasteiger partial charge >= 0.3 is 5.63 Å². The Balaban J connectivity index is 1.97. The average Bonchev–Trinajstić information content (AvgIpc) is 2.64. The van der Waals surface area contributed by atoms with Gasteiger partial charge in [-0.15, -0.1) is 0 Å². The Morgan fingerprint density at radius 2 is 2.00 bits per heavy atom. The lowest BCUT2D eigenvalue weighted by Crippen LogP contribution is -2.26. The van der Waals surface area contributed by atoms with Crippen LogP contribution < -0.4 is 15.7 Å². The van der Waals surface area contributed by atoms with Crippen LogP contribution in [0.3, 0.4) is 0 Å². The third-order valence-corrected chi connectivity index (χ3v) is 4.68. The summed E-state index contributed by atoms with van der Waals surface area (Å²) in [6, 6.07) is 14.9. The highest BCUT2D eigenvalue weighted by Gasteiger charge is 2.14. The molecule has 0 saturated carbocycles. The molecule has 6 heteroatoms. The molecule has 1 heterocycles. The Labute approximate surface area is 164 Å². The van der Waals surface area contributed by atoms with Crippen molar-refractivity contribution < 1.29 is 9.15 Å². The lowest BCUT2D eigenvalue weighted by Gasteiger charge is -2.12. The van der Waals surface area contributed by atoms with Gasteiger partial charge in [0.15, 0.2) is 11.3 Å². The molecule has 0 fully saturated rings. The van der Waals surface area contributed by atoms with E-state index in [2.05, 4.69) is 21.2 Å². The molecule has 0 aliphatic heterocycles.